The summed E-state index contributed by atoms with van der Waals surface area (Å²) in [6.45, 7) is 2.23. The molecule has 0 nitrogen and oxygen atoms in total. The molecule has 8 heavy (non-hydrogen) atoms. The van der Waals surface area contributed by atoms with Crippen molar-refractivity contribution in [3.05, 3.63) is 10.2 Å². The van der Waals surface area contributed by atoms with E-state index in [1.54, 1.807) is 0 Å². The van der Waals surface area contributed by atoms with Crippen molar-refractivity contribution in [1.82, 2.24) is 0 Å². The SMILES string of the molecule is CCCCC/C=C\I. The predicted molar refractivity (Wildman–Crippen MR) is 47.3 cm³/mol. The summed E-state index contributed by atoms with van der Waals surface area (Å²) < 4.78 is 2.09. The van der Waals surface area contributed by atoms with E-state index in [1.165, 1.54) is 25.7 Å². The molecule has 48 valence electrons. The molecule has 0 spiro atoms. The molecule has 0 atom stereocenters. The maximum Gasteiger partial charge on any atom is -0.0274 e. The van der Waals surface area contributed by atoms with E-state index in [1.807, 2.05) is 0 Å². The Bertz CT molecular complexity index is 57.4. The number of hydrogen-bond acceptors (Lipinski definition) is 0. The highest BCUT2D eigenvalue weighted by Gasteiger charge is 1.78. The van der Waals surface area contributed by atoms with Gasteiger partial charge in [0.1, 0.15) is 0 Å². The Kier molecular flexibility index (Phi) is 7.91. The van der Waals surface area contributed by atoms with Crippen molar-refractivity contribution in [3.63, 3.8) is 0 Å². The molecule has 1 heteroatoms. The fourth-order valence-electron chi connectivity index (χ4n) is 0.575. The molecule has 0 saturated carbocycles. The first kappa shape index (κ1) is 8.47. The molecular formula is C7H13I. The molecule has 0 radical (unpaired) electrons. The quantitative estimate of drug-likeness (QED) is 0.506. The summed E-state index contributed by atoms with van der Waals surface area (Å²) in [5.74, 6) is 0. The fraction of sp³-hybridized carbons (Fsp3) is 0.714. The van der Waals surface area contributed by atoms with E-state index in [0.717, 1.165) is 0 Å². The summed E-state index contributed by atoms with van der Waals surface area (Å²) in [5, 5.41) is 0. The normalized spacial score (nSPS) is 10.8. The van der Waals surface area contributed by atoms with Crippen LogP contribution in [-0.2, 0) is 0 Å². The third-order valence-corrected chi connectivity index (χ3v) is 1.57. The Balaban J connectivity index is 2.72. The number of rotatable bonds is 4. The highest BCUT2D eigenvalue weighted by Crippen LogP contribution is 2.00. The highest BCUT2D eigenvalue weighted by atomic mass is 127. The van der Waals surface area contributed by atoms with Crippen molar-refractivity contribution < 1.29 is 0 Å². The van der Waals surface area contributed by atoms with Crippen LogP contribution in [0.25, 0.3) is 0 Å². The van der Waals surface area contributed by atoms with Crippen molar-refractivity contribution in [2.75, 3.05) is 0 Å². The molecule has 0 fully saturated rings. The van der Waals surface area contributed by atoms with Gasteiger partial charge < -0.3 is 0 Å². The second kappa shape index (κ2) is 7.47. The lowest BCUT2D eigenvalue weighted by atomic mass is 10.2. The first-order chi connectivity index (χ1) is 3.91. The monoisotopic (exact) mass is 224 g/mol. The highest BCUT2D eigenvalue weighted by molar-refractivity contribution is 14.1. The van der Waals surface area contributed by atoms with E-state index in [9.17, 15) is 0 Å². The van der Waals surface area contributed by atoms with Crippen LogP contribution in [-0.4, -0.2) is 0 Å². The zero-order valence-corrected chi connectivity index (χ0v) is 7.52. The molecule has 0 amide bonds. The largest absolute Gasteiger partial charge is 0.0785 e. The maximum atomic E-state index is 2.26. The van der Waals surface area contributed by atoms with Gasteiger partial charge in [0.25, 0.3) is 0 Å². The summed E-state index contributed by atoms with van der Waals surface area (Å²) in [7, 11) is 0. The molecule has 0 N–H and O–H groups in total. The third kappa shape index (κ3) is 6.47. The molecule has 0 aliphatic heterocycles. The Hall–Kier alpha value is 0.470. The van der Waals surface area contributed by atoms with E-state index in [2.05, 4.69) is 39.7 Å². The topological polar surface area (TPSA) is 0 Å². The van der Waals surface area contributed by atoms with Crippen LogP contribution in [0.2, 0.25) is 0 Å². The van der Waals surface area contributed by atoms with Gasteiger partial charge in [-0.05, 0) is 16.9 Å². The minimum atomic E-state index is 1.26. The molecule has 0 bridgehead atoms. The summed E-state index contributed by atoms with van der Waals surface area (Å²) in [6, 6.07) is 0. The van der Waals surface area contributed by atoms with E-state index < -0.39 is 0 Å². The van der Waals surface area contributed by atoms with Crippen LogP contribution >= 0.6 is 22.6 Å². The third-order valence-electron chi connectivity index (χ3n) is 1.06. The smallest absolute Gasteiger partial charge is 0.0274 e. The van der Waals surface area contributed by atoms with Gasteiger partial charge in [-0.3, -0.25) is 0 Å². The Morgan fingerprint density at radius 3 is 2.62 bits per heavy atom. The zero-order valence-electron chi connectivity index (χ0n) is 5.36. The Labute approximate surface area is 65.5 Å². The lowest BCUT2D eigenvalue weighted by molar-refractivity contribution is 0.730. The molecule has 0 heterocycles. The summed E-state index contributed by atoms with van der Waals surface area (Å²) in [6.07, 6.45) is 7.54. The van der Waals surface area contributed by atoms with Gasteiger partial charge in [-0.15, -0.1) is 0 Å². The van der Waals surface area contributed by atoms with Crippen LogP contribution < -0.4 is 0 Å². The minimum Gasteiger partial charge on any atom is -0.0785 e. The second-order valence-electron chi connectivity index (χ2n) is 1.86. The van der Waals surface area contributed by atoms with Gasteiger partial charge in [0.05, 0.1) is 0 Å². The Morgan fingerprint density at radius 2 is 2.12 bits per heavy atom. The van der Waals surface area contributed by atoms with Gasteiger partial charge in [-0.1, -0.05) is 48.4 Å². The lowest BCUT2D eigenvalue weighted by Crippen LogP contribution is -1.68. The average molecular weight is 224 g/mol. The van der Waals surface area contributed by atoms with Crippen molar-refractivity contribution in [1.29, 1.82) is 0 Å². The van der Waals surface area contributed by atoms with Crippen molar-refractivity contribution >= 4 is 22.6 Å². The van der Waals surface area contributed by atoms with Gasteiger partial charge in [-0.25, -0.2) is 0 Å². The van der Waals surface area contributed by atoms with Crippen LogP contribution in [0.15, 0.2) is 10.2 Å². The number of allylic oxidation sites excluding steroid dienone is 1. The summed E-state index contributed by atoms with van der Waals surface area (Å²) in [4.78, 5) is 0. The van der Waals surface area contributed by atoms with Gasteiger partial charge in [0, 0.05) is 0 Å². The van der Waals surface area contributed by atoms with Crippen LogP contribution in [0, 0.1) is 0 Å². The van der Waals surface area contributed by atoms with Gasteiger partial charge in [-0.2, -0.15) is 0 Å². The molecule has 0 saturated heterocycles. The summed E-state index contributed by atoms with van der Waals surface area (Å²) in [5.41, 5.74) is 0. The molecule has 0 aromatic carbocycles. The number of unbranched alkanes of at least 4 members (excludes halogenated alkanes) is 3. The number of hydrogen-bond donors (Lipinski definition) is 0. The Morgan fingerprint density at radius 1 is 1.38 bits per heavy atom. The van der Waals surface area contributed by atoms with Gasteiger partial charge in [0.15, 0.2) is 0 Å². The minimum absolute atomic E-state index is 1.26. The van der Waals surface area contributed by atoms with Crippen molar-refractivity contribution in [2.45, 2.75) is 32.6 Å². The van der Waals surface area contributed by atoms with Gasteiger partial charge in [0.2, 0.25) is 0 Å². The average Bonchev–Trinajstić information content (AvgIpc) is 1.81. The first-order valence-corrected chi connectivity index (χ1v) is 4.41. The molecular weight excluding hydrogens is 211 g/mol. The molecule has 0 unspecified atom stereocenters. The molecule has 0 aromatic rings. The fourth-order valence-corrected chi connectivity index (χ4v) is 0.935. The molecule has 0 rings (SSSR count). The zero-order chi connectivity index (χ0) is 6.24. The van der Waals surface area contributed by atoms with Crippen molar-refractivity contribution in [3.8, 4) is 0 Å². The van der Waals surface area contributed by atoms with Crippen molar-refractivity contribution in [2.24, 2.45) is 0 Å². The van der Waals surface area contributed by atoms with Crippen LogP contribution in [0.4, 0.5) is 0 Å². The standard InChI is InChI=1S/C7H13I/c1-2-3-4-5-6-7-8/h6-7H,2-5H2,1H3/b7-6-. The molecule has 0 aliphatic carbocycles. The van der Waals surface area contributed by atoms with Crippen LogP contribution in [0.3, 0.4) is 0 Å². The van der Waals surface area contributed by atoms with E-state index >= 15 is 0 Å². The lowest BCUT2D eigenvalue weighted by Gasteiger charge is -1.88. The van der Waals surface area contributed by atoms with E-state index in [-0.39, 0.29) is 0 Å². The maximum absolute atomic E-state index is 2.26. The van der Waals surface area contributed by atoms with E-state index in [4.69, 9.17) is 0 Å². The van der Waals surface area contributed by atoms with E-state index in [0.29, 0.717) is 0 Å². The van der Waals surface area contributed by atoms with Crippen LogP contribution in [0.5, 0.6) is 0 Å². The predicted octanol–water partition coefficient (Wildman–Crippen LogP) is 3.52. The molecule has 0 aliphatic rings. The van der Waals surface area contributed by atoms with Gasteiger partial charge >= 0.3 is 0 Å². The first-order valence-electron chi connectivity index (χ1n) is 3.17. The number of halogens is 1. The second-order valence-corrected chi connectivity index (χ2v) is 2.58. The molecule has 0 aromatic heterocycles. The van der Waals surface area contributed by atoms with Crippen LogP contribution in [0.1, 0.15) is 32.6 Å². The summed E-state index contributed by atoms with van der Waals surface area (Å²) >= 11 is 2.26.